The zero-order valence-electron chi connectivity index (χ0n) is 20.7. The number of amides is 1. The first kappa shape index (κ1) is 24.7. The van der Waals surface area contributed by atoms with Gasteiger partial charge in [-0.05, 0) is 68.3 Å². The Morgan fingerprint density at radius 1 is 1.05 bits per heavy atom. The third kappa shape index (κ3) is 4.84. The third-order valence-corrected chi connectivity index (χ3v) is 6.51. The summed E-state index contributed by atoms with van der Waals surface area (Å²) in [4.78, 5) is 39.7. The van der Waals surface area contributed by atoms with Gasteiger partial charge in [-0.1, -0.05) is 35.9 Å². The second-order valence-electron chi connectivity index (χ2n) is 9.12. The number of aryl methyl sites for hydroxylation is 2. The van der Waals surface area contributed by atoms with Gasteiger partial charge in [-0.2, -0.15) is 0 Å². The van der Waals surface area contributed by atoms with E-state index in [1.807, 2.05) is 19.1 Å². The summed E-state index contributed by atoms with van der Waals surface area (Å²) >= 11 is 0. The minimum atomic E-state index is -1.59. The van der Waals surface area contributed by atoms with Crippen molar-refractivity contribution in [2.24, 2.45) is 0 Å². The number of carbonyl (C=O) groups is 2. The standard InChI is InChI=1S/C30H25N3O5/c1-18-9-12-22(13-10-18)33-15-5-8-23-25(33)14-11-19-16-20(30(37)38-27(19)23)17-24(26(31)29(35)36)28(34)32-21-6-3-2-4-7-21/h2-4,6-7,9-14,16-17,31H,5,8,15H2,1H3,(H,32,34)(H,35,36)/b24-17-,31-26?. The van der Waals surface area contributed by atoms with E-state index < -0.39 is 28.8 Å². The quantitative estimate of drug-likeness (QED) is 0.185. The Labute approximate surface area is 218 Å². The van der Waals surface area contributed by atoms with Crippen LogP contribution in [0.15, 0.2) is 87.6 Å². The lowest BCUT2D eigenvalue weighted by Gasteiger charge is -2.31. The van der Waals surface area contributed by atoms with Crippen molar-refractivity contribution >= 4 is 51.7 Å². The van der Waals surface area contributed by atoms with Crippen LogP contribution >= 0.6 is 0 Å². The van der Waals surface area contributed by atoms with Crippen LogP contribution in [0.4, 0.5) is 17.1 Å². The van der Waals surface area contributed by atoms with Gasteiger partial charge in [0.1, 0.15) is 5.58 Å². The number of fused-ring (bicyclic) bond motifs is 3. The lowest BCUT2D eigenvalue weighted by atomic mass is 9.97. The lowest BCUT2D eigenvalue weighted by Crippen LogP contribution is -2.26. The molecule has 190 valence electrons. The van der Waals surface area contributed by atoms with Crippen molar-refractivity contribution in [3.05, 3.63) is 105 Å². The van der Waals surface area contributed by atoms with Crippen molar-refractivity contribution in [2.45, 2.75) is 19.8 Å². The van der Waals surface area contributed by atoms with Crippen molar-refractivity contribution in [3.8, 4) is 0 Å². The van der Waals surface area contributed by atoms with Crippen LogP contribution in [0.1, 0.15) is 23.1 Å². The molecule has 0 spiro atoms. The monoisotopic (exact) mass is 507 g/mol. The average Bonchev–Trinajstić information content (AvgIpc) is 2.92. The lowest BCUT2D eigenvalue weighted by molar-refractivity contribution is -0.129. The Balaban J connectivity index is 1.56. The number of rotatable bonds is 6. The largest absolute Gasteiger partial charge is 0.477 e. The Kier molecular flexibility index (Phi) is 6.62. The first-order chi connectivity index (χ1) is 18.3. The molecule has 8 nitrogen and oxygen atoms in total. The van der Waals surface area contributed by atoms with Gasteiger partial charge in [-0.25, -0.2) is 9.59 Å². The zero-order chi connectivity index (χ0) is 26.8. The van der Waals surface area contributed by atoms with Crippen LogP contribution in [0.5, 0.6) is 0 Å². The van der Waals surface area contributed by atoms with Crippen LogP contribution < -0.4 is 15.8 Å². The summed E-state index contributed by atoms with van der Waals surface area (Å²) in [6.45, 7) is 2.88. The maximum atomic E-state index is 13.0. The summed E-state index contributed by atoms with van der Waals surface area (Å²) in [7, 11) is 0. The molecule has 0 unspecified atom stereocenters. The summed E-state index contributed by atoms with van der Waals surface area (Å²) in [5, 5.41) is 20.6. The number of benzene rings is 3. The highest BCUT2D eigenvalue weighted by Gasteiger charge is 2.24. The molecule has 0 saturated carbocycles. The number of carbonyl (C=O) groups excluding carboxylic acids is 1. The van der Waals surface area contributed by atoms with Crippen LogP contribution in [-0.2, 0) is 16.0 Å². The topological polar surface area (TPSA) is 124 Å². The predicted octanol–water partition coefficient (Wildman–Crippen LogP) is 5.31. The van der Waals surface area contributed by atoms with Gasteiger partial charge < -0.3 is 19.7 Å². The third-order valence-electron chi connectivity index (χ3n) is 6.51. The minimum absolute atomic E-state index is 0.0205. The molecule has 1 amide bonds. The molecule has 38 heavy (non-hydrogen) atoms. The van der Waals surface area contributed by atoms with Crippen molar-refractivity contribution < 1.29 is 19.1 Å². The van der Waals surface area contributed by atoms with E-state index in [4.69, 9.17) is 9.83 Å². The molecular formula is C30H25N3O5. The van der Waals surface area contributed by atoms with E-state index >= 15 is 0 Å². The van der Waals surface area contributed by atoms with E-state index in [1.165, 1.54) is 5.56 Å². The number of hydrogen-bond acceptors (Lipinski definition) is 6. The number of carboxylic acid groups (broad SMARTS) is 1. The van der Waals surface area contributed by atoms with Crippen LogP contribution in [-0.4, -0.2) is 29.2 Å². The first-order valence-corrected chi connectivity index (χ1v) is 12.2. The number of aliphatic carboxylic acids is 1. The highest BCUT2D eigenvalue weighted by atomic mass is 16.4. The van der Waals surface area contributed by atoms with Crippen molar-refractivity contribution in [3.63, 3.8) is 0 Å². The van der Waals surface area contributed by atoms with E-state index in [0.29, 0.717) is 16.7 Å². The number of carboxylic acids is 1. The summed E-state index contributed by atoms with van der Waals surface area (Å²) in [5.74, 6) is -2.41. The summed E-state index contributed by atoms with van der Waals surface area (Å²) in [6, 6.07) is 22.1. The van der Waals surface area contributed by atoms with Crippen LogP contribution in [0, 0.1) is 12.3 Å². The van der Waals surface area contributed by atoms with Gasteiger partial charge in [-0.15, -0.1) is 0 Å². The van der Waals surface area contributed by atoms with Gasteiger partial charge in [0.25, 0.3) is 5.91 Å². The smallest absolute Gasteiger partial charge is 0.354 e. The summed E-state index contributed by atoms with van der Waals surface area (Å²) in [5.41, 5.74) is 2.87. The molecule has 8 heteroatoms. The molecule has 0 atom stereocenters. The average molecular weight is 508 g/mol. The second kappa shape index (κ2) is 10.2. The second-order valence-corrected chi connectivity index (χ2v) is 9.12. The number of anilines is 3. The molecule has 1 aromatic heterocycles. The Morgan fingerprint density at radius 3 is 2.50 bits per heavy atom. The summed E-state index contributed by atoms with van der Waals surface area (Å²) < 4.78 is 5.76. The maximum Gasteiger partial charge on any atom is 0.354 e. The van der Waals surface area contributed by atoms with E-state index in [-0.39, 0.29) is 5.56 Å². The maximum absolute atomic E-state index is 13.0. The highest BCUT2D eigenvalue weighted by molar-refractivity contribution is 6.50. The molecule has 1 aliphatic rings. The van der Waals surface area contributed by atoms with Crippen molar-refractivity contribution in [2.75, 3.05) is 16.8 Å². The van der Waals surface area contributed by atoms with E-state index in [9.17, 15) is 19.5 Å². The molecule has 4 aromatic rings. The Hall–Kier alpha value is -4.98. The molecular weight excluding hydrogens is 482 g/mol. The highest BCUT2D eigenvalue weighted by Crippen LogP contribution is 2.37. The van der Waals surface area contributed by atoms with E-state index in [1.54, 1.807) is 36.4 Å². The van der Waals surface area contributed by atoms with Crippen LogP contribution in [0.3, 0.4) is 0 Å². The Bertz CT molecular complexity index is 1650. The fraction of sp³-hybridized carbons (Fsp3) is 0.133. The molecule has 0 bridgehead atoms. The first-order valence-electron chi connectivity index (χ1n) is 12.2. The number of nitrogens with zero attached hydrogens (tertiary/aromatic N) is 1. The number of nitrogens with one attached hydrogen (secondary N) is 2. The molecule has 0 saturated heterocycles. The summed E-state index contributed by atoms with van der Waals surface area (Å²) in [6.07, 6.45) is 2.71. The minimum Gasteiger partial charge on any atom is -0.477 e. The molecule has 1 aliphatic heterocycles. The molecule has 0 fully saturated rings. The predicted molar refractivity (Wildman–Crippen MR) is 147 cm³/mol. The van der Waals surface area contributed by atoms with Crippen molar-refractivity contribution in [1.29, 1.82) is 5.41 Å². The van der Waals surface area contributed by atoms with Gasteiger partial charge in [0.05, 0.1) is 11.1 Å². The van der Waals surface area contributed by atoms with Crippen molar-refractivity contribution in [1.82, 2.24) is 0 Å². The van der Waals surface area contributed by atoms with Gasteiger partial charge in [0.2, 0.25) is 0 Å². The fourth-order valence-electron chi connectivity index (χ4n) is 4.61. The van der Waals surface area contributed by atoms with Crippen LogP contribution in [0.2, 0.25) is 0 Å². The fourth-order valence-corrected chi connectivity index (χ4v) is 4.61. The van der Waals surface area contributed by atoms with Gasteiger partial charge in [0, 0.05) is 34.6 Å². The van der Waals surface area contributed by atoms with E-state index in [0.717, 1.165) is 42.4 Å². The normalized spacial score (nSPS) is 13.2. The Morgan fingerprint density at radius 2 is 1.79 bits per heavy atom. The molecule has 5 rings (SSSR count). The van der Waals surface area contributed by atoms with Gasteiger partial charge in [0.15, 0.2) is 5.71 Å². The molecule has 2 heterocycles. The molecule has 3 N–H and O–H groups in total. The molecule has 3 aromatic carbocycles. The SMILES string of the molecule is Cc1ccc(N2CCCc3c2ccc2cc(/C=C(/C(=N)C(=O)O)C(=O)Nc4ccccc4)c(=O)oc32)cc1. The zero-order valence-corrected chi connectivity index (χ0v) is 20.7. The number of hydrogen-bond donors (Lipinski definition) is 3. The molecule has 0 aliphatic carbocycles. The van der Waals surface area contributed by atoms with E-state index in [2.05, 4.69) is 34.5 Å². The van der Waals surface area contributed by atoms with Gasteiger partial charge >= 0.3 is 11.6 Å². The van der Waals surface area contributed by atoms with Gasteiger partial charge in [-0.3, -0.25) is 10.2 Å². The number of para-hydroxylation sites is 1. The van der Waals surface area contributed by atoms with Crippen LogP contribution in [0.25, 0.3) is 17.0 Å². The molecule has 0 radical (unpaired) electrons.